The van der Waals surface area contributed by atoms with Crippen LogP contribution in [0.5, 0.6) is 0 Å². The molecule has 0 spiro atoms. The van der Waals surface area contributed by atoms with Gasteiger partial charge >= 0.3 is 18.0 Å². The number of nitrogens with one attached hydrogen (secondary N) is 2. The van der Waals surface area contributed by atoms with E-state index in [-0.39, 0.29) is 28.7 Å². The normalized spacial score (nSPS) is 10.2. The zero-order valence-corrected chi connectivity index (χ0v) is 16.6. The number of thiophene rings is 1. The summed E-state index contributed by atoms with van der Waals surface area (Å²) in [6.07, 6.45) is 0. The van der Waals surface area contributed by atoms with Crippen LogP contribution in [-0.2, 0) is 9.47 Å². The number of amides is 2. The van der Waals surface area contributed by atoms with Crippen LogP contribution >= 0.6 is 22.9 Å². The Bertz CT molecular complexity index is 848. The molecule has 0 saturated heterocycles. The first-order chi connectivity index (χ1) is 12.9. The fourth-order valence-electron chi connectivity index (χ4n) is 2.24. The lowest BCUT2D eigenvalue weighted by atomic mass is 10.1. The zero-order valence-electron chi connectivity index (χ0n) is 15.1. The highest BCUT2D eigenvalue weighted by atomic mass is 35.5. The molecule has 2 N–H and O–H groups in total. The maximum absolute atomic E-state index is 12.3. The smallest absolute Gasteiger partial charge is 0.348 e. The highest BCUT2D eigenvalue weighted by Gasteiger charge is 2.27. The molecule has 0 bridgehead atoms. The molecule has 0 unspecified atom stereocenters. The third-order valence-electron chi connectivity index (χ3n) is 3.42. The molecule has 144 valence electrons. The molecule has 0 radical (unpaired) electrons. The first-order valence-corrected chi connectivity index (χ1v) is 9.38. The molecule has 0 aliphatic heterocycles. The molecule has 2 rings (SSSR count). The number of carbonyl (C=O) groups excluding carboxylic acids is 3. The van der Waals surface area contributed by atoms with E-state index in [0.717, 1.165) is 11.3 Å². The van der Waals surface area contributed by atoms with Gasteiger partial charge in [0, 0.05) is 10.7 Å². The van der Waals surface area contributed by atoms with Gasteiger partial charge in [-0.15, -0.1) is 11.3 Å². The van der Waals surface area contributed by atoms with Crippen LogP contribution in [0.15, 0.2) is 24.3 Å². The van der Waals surface area contributed by atoms with Gasteiger partial charge in [0.25, 0.3) is 0 Å². The minimum atomic E-state index is -0.622. The monoisotopic (exact) mass is 410 g/mol. The molecule has 0 aliphatic rings. The van der Waals surface area contributed by atoms with Crippen molar-refractivity contribution in [1.82, 2.24) is 0 Å². The topological polar surface area (TPSA) is 93.7 Å². The third kappa shape index (κ3) is 5.21. The molecular formula is C18H19ClN2O5S. The van der Waals surface area contributed by atoms with Crippen LogP contribution in [0.2, 0.25) is 5.02 Å². The van der Waals surface area contributed by atoms with Crippen LogP contribution in [-0.4, -0.2) is 31.2 Å². The van der Waals surface area contributed by atoms with E-state index in [1.807, 2.05) is 0 Å². The summed E-state index contributed by atoms with van der Waals surface area (Å²) < 4.78 is 10.1. The summed E-state index contributed by atoms with van der Waals surface area (Å²) in [4.78, 5) is 37.0. The predicted molar refractivity (Wildman–Crippen MR) is 105 cm³/mol. The Hall–Kier alpha value is -2.58. The van der Waals surface area contributed by atoms with E-state index in [2.05, 4.69) is 10.6 Å². The van der Waals surface area contributed by atoms with Crippen molar-refractivity contribution in [3.8, 4) is 0 Å². The average Bonchev–Trinajstić information content (AvgIpc) is 2.93. The summed E-state index contributed by atoms with van der Waals surface area (Å²) in [7, 11) is 0. The molecule has 1 aromatic heterocycles. The zero-order chi connectivity index (χ0) is 20.0. The number of esters is 2. The van der Waals surface area contributed by atoms with Gasteiger partial charge in [-0.05, 0) is 50.6 Å². The SMILES string of the molecule is CCOC(=O)c1sc(NC(=O)Nc2ccc(Cl)cc2)c(C(=O)OCC)c1C. The van der Waals surface area contributed by atoms with Gasteiger partial charge in [0.15, 0.2) is 0 Å². The Morgan fingerprint density at radius 1 is 1.00 bits per heavy atom. The number of rotatable bonds is 6. The number of hydrogen-bond donors (Lipinski definition) is 2. The van der Waals surface area contributed by atoms with E-state index >= 15 is 0 Å². The Balaban J connectivity index is 2.28. The van der Waals surface area contributed by atoms with Gasteiger partial charge in [-0.1, -0.05) is 11.6 Å². The quantitative estimate of drug-likeness (QED) is 0.673. The van der Waals surface area contributed by atoms with Gasteiger partial charge < -0.3 is 14.8 Å². The summed E-state index contributed by atoms with van der Waals surface area (Å²) in [6, 6.07) is 5.97. The van der Waals surface area contributed by atoms with E-state index in [0.29, 0.717) is 16.3 Å². The maximum Gasteiger partial charge on any atom is 0.348 e. The molecule has 9 heteroatoms. The summed E-state index contributed by atoms with van der Waals surface area (Å²) in [5, 5.41) is 5.98. The molecule has 0 saturated carbocycles. The van der Waals surface area contributed by atoms with Crippen molar-refractivity contribution < 1.29 is 23.9 Å². The first kappa shape index (κ1) is 20.7. The van der Waals surface area contributed by atoms with Gasteiger partial charge in [-0.3, -0.25) is 5.32 Å². The van der Waals surface area contributed by atoms with Gasteiger partial charge in [-0.25, -0.2) is 14.4 Å². The van der Waals surface area contributed by atoms with Crippen LogP contribution in [0.1, 0.15) is 39.4 Å². The minimum Gasteiger partial charge on any atom is -0.462 e. The fourth-order valence-corrected chi connectivity index (χ4v) is 3.45. The Kier molecular flexibility index (Phi) is 7.20. The van der Waals surface area contributed by atoms with Crippen molar-refractivity contribution in [2.45, 2.75) is 20.8 Å². The van der Waals surface area contributed by atoms with Crippen LogP contribution in [0, 0.1) is 6.92 Å². The number of carbonyl (C=O) groups is 3. The molecule has 1 heterocycles. The van der Waals surface area contributed by atoms with Gasteiger partial charge in [-0.2, -0.15) is 0 Å². The number of hydrogen-bond acceptors (Lipinski definition) is 6. The van der Waals surface area contributed by atoms with Crippen molar-refractivity contribution >= 4 is 51.6 Å². The Morgan fingerprint density at radius 3 is 2.19 bits per heavy atom. The van der Waals surface area contributed by atoms with Crippen LogP contribution < -0.4 is 10.6 Å². The van der Waals surface area contributed by atoms with Crippen LogP contribution in [0.4, 0.5) is 15.5 Å². The number of urea groups is 1. The van der Waals surface area contributed by atoms with Crippen molar-refractivity contribution in [3.63, 3.8) is 0 Å². The number of anilines is 2. The third-order valence-corrected chi connectivity index (χ3v) is 4.86. The lowest BCUT2D eigenvalue weighted by Crippen LogP contribution is -2.20. The number of halogens is 1. The highest BCUT2D eigenvalue weighted by molar-refractivity contribution is 7.18. The lowest BCUT2D eigenvalue weighted by Gasteiger charge is -2.08. The largest absolute Gasteiger partial charge is 0.462 e. The van der Waals surface area contributed by atoms with Gasteiger partial charge in [0.05, 0.1) is 18.8 Å². The molecule has 0 fully saturated rings. The number of benzene rings is 1. The van der Waals surface area contributed by atoms with E-state index < -0.39 is 18.0 Å². The Morgan fingerprint density at radius 2 is 1.59 bits per heavy atom. The minimum absolute atomic E-state index is 0.135. The molecule has 1 aromatic carbocycles. The highest BCUT2D eigenvalue weighted by Crippen LogP contribution is 2.34. The second-order valence-electron chi connectivity index (χ2n) is 5.29. The molecule has 7 nitrogen and oxygen atoms in total. The molecule has 0 atom stereocenters. The molecule has 2 aromatic rings. The second-order valence-corrected chi connectivity index (χ2v) is 6.74. The molecule has 0 aliphatic carbocycles. The van der Waals surface area contributed by atoms with E-state index in [1.165, 1.54) is 0 Å². The van der Waals surface area contributed by atoms with Crippen molar-refractivity contribution in [3.05, 3.63) is 45.3 Å². The second kappa shape index (κ2) is 9.38. The maximum atomic E-state index is 12.3. The summed E-state index contributed by atoms with van der Waals surface area (Å²) in [5.41, 5.74) is 1.06. The standard InChI is InChI=1S/C18H19ClN2O5S/c1-4-25-16(22)13-10(3)14(17(23)26-5-2)27-15(13)21-18(24)20-12-8-6-11(19)7-9-12/h6-9H,4-5H2,1-3H3,(H2,20,21,24). The fraction of sp³-hybridized carbons (Fsp3) is 0.278. The molecule has 27 heavy (non-hydrogen) atoms. The summed E-state index contributed by atoms with van der Waals surface area (Å²) >= 11 is 6.78. The van der Waals surface area contributed by atoms with E-state index in [9.17, 15) is 14.4 Å². The van der Waals surface area contributed by atoms with Gasteiger partial charge in [0.2, 0.25) is 0 Å². The van der Waals surface area contributed by atoms with Gasteiger partial charge in [0.1, 0.15) is 9.88 Å². The number of ether oxygens (including phenoxy) is 2. The summed E-state index contributed by atoms with van der Waals surface area (Å²) in [6.45, 7) is 5.33. The van der Waals surface area contributed by atoms with Crippen LogP contribution in [0.25, 0.3) is 0 Å². The molecular weight excluding hydrogens is 392 g/mol. The average molecular weight is 411 g/mol. The van der Waals surface area contributed by atoms with Crippen molar-refractivity contribution in [2.75, 3.05) is 23.8 Å². The van der Waals surface area contributed by atoms with E-state index in [4.69, 9.17) is 21.1 Å². The van der Waals surface area contributed by atoms with Crippen LogP contribution in [0.3, 0.4) is 0 Å². The summed E-state index contributed by atoms with van der Waals surface area (Å²) in [5.74, 6) is -1.18. The first-order valence-electron chi connectivity index (χ1n) is 8.18. The predicted octanol–water partition coefficient (Wildman–Crippen LogP) is 4.71. The van der Waals surface area contributed by atoms with Crippen molar-refractivity contribution in [1.29, 1.82) is 0 Å². The lowest BCUT2D eigenvalue weighted by molar-refractivity contribution is 0.0527. The van der Waals surface area contributed by atoms with E-state index in [1.54, 1.807) is 45.0 Å². The molecule has 2 amide bonds. The Labute approximate surface area is 165 Å². The van der Waals surface area contributed by atoms with Crippen molar-refractivity contribution in [2.24, 2.45) is 0 Å².